The summed E-state index contributed by atoms with van der Waals surface area (Å²) in [6.07, 6.45) is 0. The molecule has 1 fully saturated rings. The molecule has 1 aliphatic rings. The smallest absolute Gasteiger partial charge is 0.308 e. The molecule has 2 aromatic carbocycles. The van der Waals surface area contributed by atoms with Crippen LogP contribution in [0.4, 0.5) is 4.39 Å². The first-order chi connectivity index (χ1) is 11.0. The van der Waals surface area contributed by atoms with Crippen molar-refractivity contribution in [2.75, 3.05) is 13.1 Å². The zero-order valence-electron chi connectivity index (χ0n) is 12.5. The van der Waals surface area contributed by atoms with Crippen LogP contribution in [-0.2, 0) is 11.3 Å². The SMILES string of the molecule is O=C(O)[C@H]1CN(Cc2ccccc2)C[C@@H]1c1ccc(Cl)c(F)c1. The summed E-state index contributed by atoms with van der Waals surface area (Å²) < 4.78 is 13.7. The number of carbonyl (C=O) groups is 1. The molecule has 1 aliphatic heterocycles. The van der Waals surface area contributed by atoms with E-state index in [9.17, 15) is 14.3 Å². The molecule has 5 heteroatoms. The standard InChI is InChI=1S/C18H17ClFNO2/c19-16-7-6-13(8-17(16)20)14-10-21(11-15(14)18(22)23)9-12-4-2-1-3-5-12/h1-8,14-15H,9-11H2,(H,22,23)/t14-,15+/m1/s1. The van der Waals surface area contributed by atoms with Crippen LogP contribution in [0.5, 0.6) is 0 Å². The highest BCUT2D eigenvalue weighted by molar-refractivity contribution is 6.30. The zero-order chi connectivity index (χ0) is 16.4. The number of benzene rings is 2. The predicted octanol–water partition coefficient (Wildman–Crippen LogP) is 3.78. The summed E-state index contributed by atoms with van der Waals surface area (Å²) in [5.41, 5.74) is 1.83. The fourth-order valence-corrected chi connectivity index (χ4v) is 3.30. The summed E-state index contributed by atoms with van der Waals surface area (Å²) >= 11 is 5.72. The Balaban J connectivity index is 1.81. The van der Waals surface area contributed by atoms with Crippen LogP contribution in [0.1, 0.15) is 17.0 Å². The van der Waals surface area contributed by atoms with Gasteiger partial charge >= 0.3 is 5.97 Å². The molecule has 23 heavy (non-hydrogen) atoms. The Morgan fingerprint density at radius 3 is 2.61 bits per heavy atom. The summed E-state index contributed by atoms with van der Waals surface area (Å²) in [7, 11) is 0. The highest BCUT2D eigenvalue weighted by Crippen LogP contribution is 2.35. The zero-order valence-corrected chi connectivity index (χ0v) is 13.2. The number of hydrogen-bond acceptors (Lipinski definition) is 2. The number of aliphatic carboxylic acids is 1. The van der Waals surface area contributed by atoms with Crippen LogP contribution >= 0.6 is 11.6 Å². The maximum absolute atomic E-state index is 13.7. The summed E-state index contributed by atoms with van der Waals surface area (Å²) in [6.45, 7) is 1.74. The maximum atomic E-state index is 13.7. The van der Waals surface area contributed by atoms with Gasteiger partial charge in [-0.3, -0.25) is 9.69 Å². The first kappa shape index (κ1) is 16.0. The highest BCUT2D eigenvalue weighted by atomic mass is 35.5. The van der Waals surface area contributed by atoms with Gasteiger partial charge < -0.3 is 5.11 Å². The molecule has 1 saturated heterocycles. The molecule has 0 amide bonds. The van der Waals surface area contributed by atoms with Gasteiger partial charge in [-0.15, -0.1) is 0 Å². The van der Waals surface area contributed by atoms with Gasteiger partial charge in [-0.05, 0) is 23.3 Å². The number of hydrogen-bond donors (Lipinski definition) is 1. The average Bonchev–Trinajstić information content (AvgIpc) is 2.95. The predicted molar refractivity (Wildman–Crippen MR) is 87.0 cm³/mol. The molecule has 0 aromatic heterocycles. The van der Waals surface area contributed by atoms with Gasteiger partial charge in [-0.1, -0.05) is 48.0 Å². The van der Waals surface area contributed by atoms with E-state index in [0.717, 1.165) is 5.56 Å². The van der Waals surface area contributed by atoms with Gasteiger partial charge in [0, 0.05) is 25.6 Å². The highest BCUT2D eigenvalue weighted by Gasteiger charge is 2.38. The minimum absolute atomic E-state index is 0.0553. The van der Waals surface area contributed by atoms with Gasteiger partial charge in [0.1, 0.15) is 5.82 Å². The third kappa shape index (κ3) is 3.54. The Bertz CT molecular complexity index is 707. The molecule has 0 aliphatic carbocycles. The van der Waals surface area contributed by atoms with E-state index in [0.29, 0.717) is 25.2 Å². The van der Waals surface area contributed by atoms with E-state index in [-0.39, 0.29) is 10.9 Å². The molecule has 0 unspecified atom stereocenters. The first-order valence-electron chi connectivity index (χ1n) is 7.48. The van der Waals surface area contributed by atoms with Crippen molar-refractivity contribution in [3.8, 4) is 0 Å². The van der Waals surface area contributed by atoms with Crippen molar-refractivity contribution >= 4 is 17.6 Å². The normalized spacial score (nSPS) is 21.5. The summed E-state index contributed by atoms with van der Waals surface area (Å²) in [5.74, 6) is -2.13. The topological polar surface area (TPSA) is 40.5 Å². The van der Waals surface area contributed by atoms with Crippen LogP contribution in [0.2, 0.25) is 5.02 Å². The van der Waals surface area contributed by atoms with Crippen molar-refractivity contribution in [1.82, 2.24) is 4.90 Å². The second-order valence-electron chi connectivity index (χ2n) is 5.90. The summed E-state index contributed by atoms with van der Waals surface area (Å²) in [4.78, 5) is 13.7. The van der Waals surface area contributed by atoms with E-state index >= 15 is 0 Å². The number of halogens is 2. The molecule has 120 valence electrons. The van der Waals surface area contributed by atoms with Crippen molar-refractivity contribution in [1.29, 1.82) is 0 Å². The number of carboxylic acids is 1. The molecular weight excluding hydrogens is 317 g/mol. The van der Waals surface area contributed by atoms with Crippen LogP contribution in [0.15, 0.2) is 48.5 Å². The van der Waals surface area contributed by atoms with Crippen LogP contribution in [0.3, 0.4) is 0 Å². The van der Waals surface area contributed by atoms with Crippen molar-refractivity contribution in [2.45, 2.75) is 12.5 Å². The van der Waals surface area contributed by atoms with Crippen LogP contribution in [0, 0.1) is 11.7 Å². The van der Waals surface area contributed by atoms with E-state index < -0.39 is 17.7 Å². The van der Waals surface area contributed by atoms with Gasteiger partial charge in [-0.2, -0.15) is 0 Å². The second kappa shape index (κ2) is 6.69. The minimum atomic E-state index is -0.846. The van der Waals surface area contributed by atoms with Crippen molar-refractivity contribution in [3.05, 3.63) is 70.5 Å². The monoisotopic (exact) mass is 333 g/mol. The molecular formula is C18H17ClFNO2. The van der Waals surface area contributed by atoms with E-state index in [1.807, 2.05) is 30.3 Å². The van der Waals surface area contributed by atoms with Crippen LogP contribution < -0.4 is 0 Å². The molecule has 3 nitrogen and oxygen atoms in total. The van der Waals surface area contributed by atoms with E-state index in [4.69, 9.17) is 11.6 Å². The third-order valence-electron chi connectivity index (χ3n) is 4.33. The Labute approximate surface area is 139 Å². The minimum Gasteiger partial charge on any atom is -0.481 e. The molecule has 0 spiro atoms. The molecule has 0 radical (unpaired) electrons. The van der Waals surface area contributed by atoms with E-state index in [1.54, 1.807) is 6.07 Å². The van der Waals surface area contributed by atoms with Crippen molar-refractivity contribution in [2.24, 2.45) is 5.92 Å². The van der Waals surface area contributed by atoms with Gasteiger partial charge in [0.05, 0.1) is 10.9 Å². The second-order valence-corrected chi connectivity index (χ2v) is 6.31. The fourth-order valence-electron chi connectivity index (χ4n) is 3.19. The lowest BCUT2D eigenvalue weighted by molar-refractivity contribution is -0.141. The lowest BCUT2D eigenvalue weighted by Gasteiger charge is -2.16. The van der Waals surface area contributed by atoms with Gasteiger partial charge in [0.25, 0.3) is 0 Å². The van der Waals surface area contributed by atoms with Crippen molar-refractivity contribution in [3.63, 3.8) is 0 Å². The number of rotatable bonds is 4. The molecule has 2 aromatic rings. The molecule has 1 heterocycles. The summed E-state index contributed by atoms with van der Waals surface area (Å²) in [6, 6.07) is 14.5. The van der Waals surface area contributed by atoms with Crippen LogP contribution in [0.25, 0.3) is 0 Å². The molecule has 2 atom stereocenters. The maximum Gasteiger partial charge on any atom is 0.308 e. The number of nitrogens with zero attached hydrogens (tertiary/aromatic N) is 1. The Morgan fingerprint density at radius 2 is 1.96 bits per heavy atom. The molecule has 0 bridgehead atoms. The van der Waals surface area contributed by atoms with E-state index in [1.165, 1.54) is 12.1 Å². The lowest BCUT2D eigenvalue weighted by Crippen LogP contribution is -2.23. The molecule has 1 N–H and O–H groups in total. The van der Waals surface area contributed by atoms with Gasteiger partial charge in [0.2, 0.25) is 0 Å². The van der Waals surface area contributed by atoms with E-state index in [2.05, 4.69) is 4.90 Å². The number of likely N-dealkylation sites (tertiary alicyclic amines) is 1. The fraction of sp³-hybridized carbons (Fsp3) is 0.278. The summed E-state index contributed by atoms with van der Waals surface area (Å²) in [5, 5.41) is 9.56. The van der Waals surface area contributed by atoms with Gasteiger partial charge in [0.15, 0.2) is 0 Å². The quantitative estimate of drug-likeness (QED) is 0.925. The van der Waals surface area contributed by atoms with Gasteiger partial charge in [-0.25, -0.2) is 4.39 Å². The molecule has 0 saturated carbocycles. The Morgan fingerprint density at radius 1 is 1.22 bits per heavy atom. The lowest BCUT2D eigenvalue weighted by atomic mass is 9.89. The largest absolute Gasteiger partial charge is 0.481 e. The average molecular weight is 334 g/mol. The van der Waals surface area contributed by atoms with Crippen LogP contribution in [-0.4, -0.2) is 29.1 Å². The Hall–Kier alpha value is -1.91. The first-order valence-corrected chi connectivity index (χ1v) is 7.86. The third-order valence-corrected chi connectivity index (χ3v) is 4.64. The Kier molecular flexibility index (Phi) is 4.64. The number of carboxylic acid groups (broad SMARTS) is 1. The molecule has 3 rings (SSSR count). The van der Waals surface area contributed by atoms with Crippen molar-refractivity contribution < 1.29 is 14.3 Å².